The molecule has 2 unspecified atom stereocenters. The van der Waals surface area contributed by atoms with E-state index in [4.69, 9.17) is 0 Å². The third kappa shape index (κ3) is 3.12. The Morgan fingerprint density at radius 1 is 1.30 bits per heavy atom. The largest absolute Gasteiger partial charge is 0.452 e. The predicted molar refractivity (Wildman–Crippen MR) is 71.2 cm³/mol. The second kappa shape index (κ2) is 6.09. The van der Waals surface area contributed by atoms with Crippen LogP contribution in [0, 0.1) is 5.92 Å². The highest BCUT2D eigenvalue weighted by Crippen LogP contribution is 2.33. The SMILES string of the molecule is COC(=O)NS(=O)(=O)N1CCCCC1C1CCCC1=O. The predicted octanol–water partition coefficient (Wildman–Crippen LogP) is 0.811. The van der Waals surface area contributed by atoms with Gasteiger partial charge in [-0.15, -0.1) is 0 Å². The van der Waals surface area contributed by atoms with Crippen LogP contribution in [0.15, 0.2) is 0 Å². The number of amides is 1. The number of nitrogens with one attached hydrogen (secondary N) is 1. The van der Waals surface area contributed by atoms with Crippen LogP contribution < -0.4 is 4.72 Å². The number of rotatable bonds is 3. The first-order chi connectivity index (χ1) is 9.45. The summed E-state index contributed by atoms with van der Waals surface area (Å²) in [5.41, 5.74) is 0. The summed E-state index contributed by atoms with van der Waals surface area (Å²) in [4.78, 5) is 23.0. The van der Waals surface area contributed by atoms with E-state index in [9.17, 15) is 18.0 Å². The fourth-order valence-corrected chi connectivity index (χ4v) is 4.48. The van der Waals surface area contributed by atoms with Crippen LogP contribution in [0.4, 0.5) is 4.79 Å². The number of methoxy groups -OCH3 is 1. The molecule has 2 atom stereocenters. The minimum atomic E-state index is -3.95. The molecule has 1 aliphatic carbocycles. The van der Waals surface area contributed by atoms with Gasteiger partial charge in [-0.3, -0.25) is 4.79 Å². The first kappa shape index (κ1) is 15.2. The minimum absolute atomic E-state index is 0.134. The van der Waals surface area contributed by atoms with Crippen LogP contribution in [0.2, 0.25) is 0 Å². The molecule has 1 N–H and O–H groups in total. The van der Waals surface area contributed by atoms with Gasteiger partial charge in [0.1, 0.15) is 5.78 Å². The Hall–Kier alpha value is -1.15. The fourth-order valence-electron chi connectivity index (χ4n) is 3.09. The quantitative estimate of drug-likeness (QED) is 0.833. The van der Waals surface area contributed by atoms with Gasteiger partial charge in [-0.1, -0.05) is 6.42 Å². The molecule has 8 heteroatoms. The van der Waals surface area contributed by atoms with Gasteiger partial charge in [-0.05, 0) is 25.7 Å². The monoisotopic (exact) mass is 304 g/mol. The van der Waals surface area contributed by atoms with Crippen molar-refractivity contribution in [1.29, 1.82) is 0 Å². The van der Waals surface area contributed by atoms with Gasteiger partial charge in [0.25, 0.3) is 0 Å². The molecule has 20 heavy (non-hydrogen) atoms. The normalized spacial score (nSPS) is 28.4. The lowest BCUT2D eigenvalue weighted by molar-refractivity contribution is -0.122. The van der Waals surface area contributed by atoms with Crippen molar-refractivity contribution in [2.24, 2.45) is 5.92 Å². The summed E-state index contributed by atoms with van der Waals surface area (Å²) in [6, 6.07) is -0.332. The molecule has 0 aromatic heterocycles. The maximum atomic E-state index is 12.2. The molecule has 114 valence electrons. The average Bonchev–Trinajstić information content (AvgIpc) is 2.84. The van der Waals surface area contributed by atoms with Crippen molar-refractivity contribution in [1.82, 2.24) is 9.03 Å². The number of carbonyl (C=O) groups excluding carboxylic acids is 2. The summed E-state index contributed by atoms with van der Waals surface area (Å²) in [6.07, 6.45) is 3.37. The number of carbonyl (C=O) groups is 2. The standard InChI is InChI=1S/C12H20N2O5S/c1-19-12(16)13-20(17,18)14-8-3-2-6-10(14)9-5-4-7-11(9)15/h9-10H,2-8H2,1H3,(H,13,16). The van der Waals surface area contributed by atoms with E-state index in [0.29, 0.717) is 19.4 Å². The zero-order chi connectivity index (χ0) is 14.8. The molecule has 0 bridgehead atoms. The van der Waals surface area contributed by atoms with E-state index >= 15 is 0 Å². The Kier molecular flexibility index (Phi) is 4.64. The highest BCUT2D eigenvalue weighted by molar-refractivity contribution is 7.87. The van der Waals surface area contributed by atoms with Gasteiger partial charge in [-0.25, -0.2) is 9.52 Å². The number of hydrogen-bond acceptors (Lipinski definition) is 5. The summed E-state index contributed by atoms with van der Waals surface area (Å²) >= 11 is 0. The number of Topliss-reactive ketones (excluding diaryl/α,β-unsaturated/α-hetero) is 1. The highest BCUT2D eigenvalue weighted by atomic mass is 32.2. The van der Waals surface area contributed by atoms with Crippen LogP contribution in [0.3, 0.4) is 0 Å². The van der Waals surface area contributed by atoms with E-state index in [1.807, 2.05) is 4.72 Å². The summed E-state index contributed by atoms with van der Waals surface area (Å²) in [5, 5.41) is 0. The lowest BCUT2D eigenvalue weighted by Gasteiger charge is -2.37. The van der Waals surface area contributed by atoms with Gasteiger partial charge in [0.2, 0.25) is 0 Å². The number of ketones is 1. The molecular formula is C12H20N2O5S. The highest BCUT2D eigenvalue weighted by Gasteiger charge is 2.42. The van der Waals surface area contributed by atoms with Crippen molar-refractivity contribution in [3.05, 3.63) is 0 Å². The smallest absolute Gasteiger partial charge is 0.421 e. The van der Waals surface area contributed by atoms with Gasteiger partial charge in [-0.2, -0.15) is 12.7 Å². The Bertz CT molecular complexity index is 490. The molecule has 2 rings (SSSR count). The molecular weight excluding hydrogens is 284 g/mol. The Labute approximate surface area is 118 Å². The van der Waals surface area contributed by atoms with Crippen molar-refractivity contribution < 1.29 is 22.7 Å². The van der Waals surface area contributed by atoms with Gasteiger partial charge < -0.3 is 4.74 Å². The molecule has 1 aliphatic heterocycles. The second-order valence-electron chi connectivity index (χ2n) is 5.24. The summed E-state index contributed by atoms with van der Waals surface area (Å²) in [7, 11) is -2.84. The topological polar surface area (TPSA) is 92.8 Å². The van der Waals surface area contributed by atoms with Crippen molar-refractivity contribution in [2.75, 3.05) is 13.7 Å². The van der Waals surface area contributed by atoms with Gasteiger partial charge >= 0.3 is 16.3 Å². The minimum Gasteiger partial charge on any atom is -0.452 e. The van der Waals surface area contributed by atoms with E-state index in [1.165, 1.54) is 4.31 Å². The third-order valence-electron chi connectivity index (χ3n) is 4.02. The zero-order valence-electron chi connectivity index (χ0n) is 11.5. The van der Waals surface area contributed by atoms with Crippen LogP contribution >= 0.6 is 0 Å². The fraction of sp³-hybridized carbons (Fsp3) is 0.833. The molecule has 7 nitrogen and oxygen atoms in total. The van der Waals surface area contributed by atoms with Crippen LogP contribution in [0.25, 0.3) is 0 Å². The van der Waals surface area contributed by atoms with E-state index < -0.39 is 16.3 Å². The lowest BCUT2D eigenvalue weighted by atomic mass is 9.90. The van der Waals surface area contributed by atoms with E-state index in [-0.39, 0.29) is 17.7 Å². The molecule has 1 saturated heterocycles. The Morgan fingerprint density at radius 2 is 2.05 bits per heavy atom. The molecule has 0 spiro atoms. The zero-order valence-corrected chi connectivity index (χ0v) is 12.3. The second-order valence-corrected chi connectivity index (χ2v) is 6.86. The van der Waals surface area contributed by atoms with Gasteiger partial charge in [0, 0.05) is 24.9 Å². The summed E-state index contributed by atoms with van der Waals surface area (Å²) < 4.78 is 31.9. The van der Waals surface area contributed by atoms with Crippen LogP contribution in [0.1, 0.15) is 38.5 Å². The molecule has 2 aliphatic rings. The molecule has 0 aromatic rings. The van der Waals surface area contributed by atoms with Crippen molar-refractivity contribution >= 4 is 22.1 Å². The van der Waals surface area contributed by atoms with Crippen molar-refractivity contribution in [3.63, 3.8) is 0 Å². The van der Waals surface area contributed by atoms with Crippen LogP contribution in [-0.2, 0) is 19.7 Å². The van der Waals surface area contributed by atoms with Crippen molar-refractivity contribution in [2.45, 2.75) is 44.6 Å². The summed E-state index contributed by atoms with van der Waals surface area (Å²) in [5.74, 6) is -0.0975. The molecule has 2 fully saturated rings. The summed E-state index contributed by atoms with van der Waals surface area (Å²) in [6.45, 7) is 0.334. The molecule has 1 heterocycles. The van der Waals surface area contributed by atoms with Crippen molar-refractivity contribution in [3.8, 4) is 0 Å². The third-order valence-corrected chi connectivity index (χ3v) is 5.52. The first-order valence-corrected chi connectivity index (χ1v) is 8.30. The Balaban J connectivity index is 2.18. The average molecular weight is 304 g/mol. The maximum Gasteiger partial charge on any atom is 0.421 e. The van der Waals surface area contributed by atoms with E-state index in [2.05, 4.69) is 4.74 Å². The lowest BCUT2D eigenvalue weighted by Crippen LogP contribution is -2.53. The van der Waals surface area contributed by atoms with Gasteiger partial charge in [0.15, 0.2) is 0 Å². The number of hydrogen-bond donors (Lipinski definition) is 1. The molecule has 1 saturated carbocycles. The number of piperidine rings is 1. The van der Waals surface area contributed by atoms with Crippen LogP contribution in [0.5, 0.6) is 0 Å². The molecule has 0 aromatic carbocycles. The maximum absolute atomic E-state index is 12.2. The van der Waals surface area contributed by atoms with Crippen LogP contribution in [-0.4, -0.2) is 44.3 Å². The Morgan fingerprint density at radius 3 is 2.65 bits per heavy atom. The van der Waals surface area contributed by atoms with E-state index in [0.717, 1.165) is 32.8 Å². The number of ether oxygens (including phenoxy) is 1. The molecule has 1 amide bonds. The number of nitrogens with zero attached hydrogens (tertiary/aromatic N) is 1. The van der Waals surface area contributed by atoms with E-state index in [1.54, 1.807) is 0 Å². The van der Waals surface area contributed by atoms with Gasteiger partial charge in [0.05, 0.1) is 7.11 Å². The first-order valence-electron chi connectivity index (χ1n) is 6.86. The molecule has 0 radical (unpaired) electrons.